The van der Waals surface area contributed by atoms with Crippen LogP contribution in [-0.2, 0) is 6.54 Å². The second kappa shape index (κ2) is 15.0. The number of nitrogens with one attached hydrogen (secondary N) is 1. The molecule has 0 spiro atoms. The lowest BCUT2D eigenvalue weighted by molar-refractivity contribution is 0.0869. The number of para-hydroxylation sites is 1. The maximum absolute atomic E-state index is 13.1. The van der Waals surface area contributed by atoms with E-state index in [0.29, 0.717) is 5.56 Å². The van der Waals surface area contributed by atoms with Crippen LogP contribution in [0.25, 0.3) is 0 Å². The minimum atomic E-state index is -0.00261. The molecule has 7 nitrogen and oxygen atoms in total. The Bertz CT molecular complexity index is 1310. The van der Waals surface area contributed by atoms with Gasteiger partial charge in [-0.1, -0.05) is 36.4 Å². The predicted octanol–water partition coefficient (Wildman–Crippen LogP) is 5.85. The van der Waals surface area contributed by atoms with Crippen molar-refractivity contribution < 1.29 is 14.3 Å². The van der Waals surface area contributed by atoms with Crippen molar-refractivity contribution in [2.45, 2.75) is 57.2 Å². The van der Waals surface area contributed by atoms with Crippen LogP contribution in [0.4, 0.5) is 5.69 Å². The summed E-state index contributed by atoms with van der Waals surface area (Å²) in [5, 5.41) is 3.27. The van der Waals surface area contributed by atoms with Crippen molar-refractivity contribution in [1.82, 2.24) is 15.1 Å². The van der Waals surface area contributed by atoms with Gasteiger partial charge in [0.2, 0.25) is 0 Å². The van der Waals surface area contributed by atoms with Crippen LogP contribution in [0.3, 0.4) is 0 Å². The summed E-state index contributed by atoms with van der Waals surface area (Å²) < 4.78 is 11.7. The second-order valence-corrected chi connectivity index (χ2v) is 12.8. The van der Waals surface area contributed by atoms with Gasteiger partial charge < -0.3 is 24.6 Å². The zero-order valence-electron chi connectivity index (χ0n) is 26.2. The number of carbonyl (C=O) groups excluding carboxylic acids is 1. The van der Waals surface area contributed by atoms with Crippen molar-refractivity contribution in [2.75, 3.05) is 57.8 Å². The van der Waals surface area contributed by atoms with Crippen molar-refractivity contribution in [2.24, 2.45) is 5.92 Å². The van der Waals surface area contributed by atoms with Crippen molar-refractivity contribution in [1.29, 1.82) is 0 Å². The molecule has 7 heteroatoms. The summed E-state index contributed by atoms with van der Waals surface area (Å²) in [5.74, 6) is 2.47. The van der Waals surface area contributed by atoms with E-state index in [2.05, 4.69) is 62.5 Å². The highest BCUT2D eigenvalue weighted by Crippen LogP contribution is 2.26. The topological polar surface area (TPSA) is 57.3 Å². The smallest absolute Gasteiger partial charge is 0.251 e. The molecule has 3 fully saturated rings. The Hall–Kier alpha value is -3.55. The maximum Gasteiger partial charge on any atom is 0.251 e. The third-order valence-corrected chi connectivity index (χ3v) is 9.67. The van der Waals surface area contributed by atoms with Gasteiger partial charge in [-0.2, -0.15) is 0 Å². The van der Waals surface area contributed by atoms with Crippen LogP contribution in [0.15, 0.2) is 78.9 Å². The summed E-state index contributed by atoms with van der Waals surface area (Å²) in [6, 6.07) is 27.0. The van der Waals surface area contributed by atoms with Crippen LogP contribution < -0.4 is 19.7 Å². The largest absolute Gasteiger partial charge is 0.497 e. The van der Waals surface area contributed by atoms with Gasteiger partial charge in [0.25, 0.3) is 5.91 Å². The highest BCUT2D eigenvalue weighted by Gasteiger charge is 2.26. The quantitative estimate of drug-likeness (QED) is 0.317. The summed E-state index contributed by atoms with van der Waals surface area (Å²) in [4.78, 5) is 20.7. The first-order chi connectivity index (χ1) is 21.6. The molecule has 0 aromatic heterocycles. The Kier molecular flexibility index (Phi) is 10.4. The Morgan fingerprint density at radius 3 is 2.16 bits per heavy atom. The van der Waals surface area contributed by atoms with Gasteiger partial charge in [-0.05, 0) is 92.5 Å². The first-order valence-electron chi connectivity index (χ1n) is 16.6. The average Bonchev–Trinajstić information content (AvgIpc) is 3.08. The van der Waals surface area contributed by atoms with Gasteiger partial charge in [0.15, 0.2) is 0 Å². The third-order valence-electron chi connectivity index (χ3n) is 9.67. The molecule has 3 heterocycles. The fourth-order valence-corrected chi connectivity index (χ4v) is 6.98. The SMILES string of the molecule is COc1ccc(CN2CCC(NC(=O)c3cccc(OC4CCN(CC5CCN(c6ccccc6)CC5)CC4)c3)CC2)cc1. The number of amides is 1. The molecule has 0 unspecified atom stereocenters. The molecule has 44 heavy (non-hydrogen) atoms. The minimum Gasteiger partial charge on any atom is -0.497 e. The molecular formula is C37H48N4O3. The summed E-state index contributed by atoms with van der Waals surface area (Å²) in [5.41, 5.74) is 3.32. The molecule has 1 amide bonds. The van der Waals surface area contributed by atoms with Gasteiger partial charge in [-0.25, -0.2) is 0 Å². The molecule has 3 aliphatic rings. The van der Waals surface area contributed by atoms with E-state index in [-0.39, 0.29) is 18.1 Å². The van der Waals surface area contributed by atoms with Crippen LogP contribution in [0.5, 0.6) is 11.5 Å². The number of ether oxygens (including phenoxy) is 2. The number of rotatable bonds is 10. The fraction of sp³-hybridized carbons (Fsp3) is 0.486. The lowest BCUT2D eigenvalue weighted by atomic mass is 9.94. The first-order valence-corrected chi connectivity index (χ1v) is 16.6. The highest BCUT2D eigenvalue weighted by molar-refractivity contribution is 5.94. The number of nitrogens with zero attached hydrogens (tertiary/aromatic N) is 3. The van der Waals surface area contributed by atoms with Crippen LogP contribution in [0.1, 0.15) is 54.4 Å². The van der Waals surface area contributed by atoms with E-state index in [4.69, 9.17) is 9.47 Å². The van der Waals surface area contributed by atoms with Crippen LogP contribution in [0, 0.1) is 5.92 Å². The van der Waals surface area contributed by atoms with E-state index in [9.17, 15) is 4.79 Å². The van der Waals surface area contributed by atoms with Crippen molar-refractivity contribution in [3.8, 4) is 11.5 Å². The standard InChI is InChI=1S/C37H48N4O3/c1-43-34-12-10-29(11-13-34)27-39-20-16-32(17-21-39)38-37(42)31-6-5-9-36(26-31)44-35-18-22-40(23-19-35)28-30-14-24-41(25-15-30)33-7-3-2-4-8-33/h2-13,26,30,32,35H,14-25,27-28H2,1H3,(H,38,42). The van der Waals surface area contributed by atoms with Crippen molar-refractivity contribution >= 4 is 11.6 Å². The van der Waals surface area contributed by atoms with Gasteiger partial charge in [-0.15, -0.1) is 0 Å². The number of methoxy groups -OCH3 is 1. The van der Waals surface area contributed by atoms with E-state index in [1.54, 1.807) is 7.11 Å². The third kappa shape index (κ3) is 8.33. The molecule has 0 radical (unpaired) electrons. The zero-order valence-corrected chi connectivity index (χ0v) is 26.2. The molecule has 1 N–H and O–H groups in total. The van der Waals surface area contributed by atoms with Gasteiger partial charge in [-0.3, -0.25) is 9.69 Å². The molecule has 3 aromatic rings. The molecule has 3 aromatic carbocycles. The molecule has 3 aliphatic heterocycles. The Morgan fingerprint density at radius 2 is 1.45 bits per heavy atom. The first kappa shape index (κ1) is 30.5. The number of anilines is 1. The average molecular weight is 597 g/mol. The predicted molar refractivity (Wildman–Crippen MR) is 177 cm³/mol. The molecule has 6 rings (SSSR count). The number of hydrogen-bond acceptors (Lipinski definition) is 6. The molecule has 0 atom stereocenters. The molecule has 0 aliphatic carbocycles. The number of piperidine rings is 3. The van der Waals surface area contributed by atoms with Gasteiger partial charge in [0, 0.05) is 69.7 Å². The van der Waals surface area contributed by atoms with Crippen LogP contribution in [-0.4, -0.2) is 80.8 Å². The Morgan fingerprint density at radius 1 is 0.750 bits per heavy atom. The van der Waals surface area contributed by atoms with Crippen LogP contribution in [0.2, 0.25) is 0 Å². The summed E-state index contributed by atoms with van der Waals surface area (Å²) >= 11 is 0. The monoisotopic (exact) mass is 596 g/mol. The maximum atomic E-state index is 13.1. The second-order valence-electron chi connectivity index (χ2n) is 12.8. The van der Waals surface area contributed by atoms with Crippen LogP contribution >= 0.6 is 0 Å². The number of carbonyl (C=O) groups is 1. The summed E-state index contributed by atoms with van der Waals surface area (Å²) in [7, 11) is 1.69. The minimum absolute atomic E-state index is 0.00261. The number of benzene rings is 3. The van der Waals surface area contributed by atoms with E-state index in [0.717, 1.165) is 88.9 Å². The fourth-order valence-electron chi connectivity index (χ4n) is 6.98. The summed E-state index contributed by atoms with van der Waals surface area (Å²) in [6.07, 6.45) is 6.74. The van der Waals surface area contributed by atoms with Gasteiger partial charge in [0.1, 0.15) is 17.6 Å². The van der Waals surface area contributed by atoms with Crippen molar-refractivity contribution in [3.05, 3.63) is 90.0 Å². The lowest BCUT2D eigenvalue weighted by Gasteiger charge is -2.38. The Balaban J connectivity index is 0.896. The van der Waals surface area contributed by atoms with E-state index >= 15 is 0 Å². The molecule has 0 bridgehead atoms. The number of likely N-dealkylation sites (tertiary alicyclic amines) is 2. The van der Waals surface area contributed by atoms with Crippen molar-refractivity contribution in [3.63, 3.8) is 0 Å². The molecule has 3 saturated heterocycles. The summed E-state index contributed by atoms with van der Waals surface area (Å²) in [6.45, 7) is 8.56. The van der Waals surface area contributed by atoms with E-state index in [1.165, 1.54) is 30.6 Å². The normalized spacial score (nSPS) is 19.5. The lowest BCUT2D eigenvalue weighted by Crippen LogP contribution is -2.44. The molecule has 234 valence electrons. The molecule has 0 saturated carbocycles. The highest BCUT2D eigenvalue weighted by atomic mass is 16.5. The molecular weight excluding hydrogens is 548 g/mol. The van der Waals surface area contributed by atoms with E-state index in [1.807, 2.05) is 36.4 Å². The number of hydrogen-bond donors (Lipinski definition) is 1. The zero-order chi connectivity index (χ0) is 30.1. The van der Waals surface area contributed by atoms with Gasteiger partial charge in [0.05, 0.1) is 7.11 Å². The Labute approximate surface area is 263 Å². The van der Waals surface area contributed by atoms with E-state index < -0.39 is 0 Å². The van der Waals surface area contributed by atoms with Gasteiger partial charge >= 0.3 is 0 Å².